The molecule has 2 aromatic carbocycles. The van der Waals surface area contributed by atoms with Crippen molar-refractivity contribution in [3.8, 4) is 5.75 Å². The predicted molar refractivity (Wildman–Crippen MR) is 159 cm³/mol. The van der Waals surface area contributed by atoms with Crippen molar-refractivity contribution < 1.29 is 23.9 Å². The molecule has 1 saturated carbocycles. The summed E-state index contributed by atoms with van der Waals surface area (Å²) < 4.78 is 11.9. The van der Waals surface area contributed by atoms with Crippen LogP contribution in [0.4, 0.5) is 4.79 Å². The highest BCUT2D eigenvalue weighted by atomic mass is 32.2. The number of hydrogen-bond donors (Lipinski definition) is 0. The number of Topliss-reactive ketones (excluding diaryl/α,β-unsaturated/α-hetero) is 2. The number of ether oxygens (including phenoxy) is 2. The van der Waals surface area contributed by atoms with Crippen LogP contribution in [0.1, 0.15) is 79.9 Å². The van der Waals surface area contributed by atoms with Crippen LogP contribution in [-0.2, 0) is 16.0 Å². The third kappa shape index (κ3) is 7.09. The Morgan fingerprint density at radius 3 is 2.20 bits per heavy atom. The van der Waals surface area contributed by atoms with Gasteiger partial charge in [0.25, 0.3) is 0 Å². The van der Waals surface area contributed by atoms with Crippen molar-refractivity contribution in [3.63, 3.8) is 0 Å². The number of benzene rings is 2. The number of hydrogen-bond acceptors (Lipinski definition) is 6. The van der Waals surface area contributed by atoms with Gasteiger partial charge in [-0.25, -0.2) is 4.79 Å². The van der Waals surface area contributed by atoms with Crippen LogP contribution in [0.3, 0.4) is 0 Å². The molecule has 1 amide bonds. The van der Waals surface area contributed by atoms with Crippen LogP contribution >= 0.6 is 11.8 Å². The first-order valence-corrected chi connectivity index (χ1v) is 15.6. The van der Waals surface area contributed by atoms with E-state index in [4.69, 9.17) is 9.47 Å². The quantitative estimate of drug-likeness (QED) is 0.224. The van der Waals surface area contributed by atoms with Gasteiger partial charge in [-0.3, -0.25) is 9.59 Å². The summed E-state index contributed by atoms with van der Waals surface area (Å²) in [6, 6.07) is 12.0. The second-order valence-electron chi connectivity index (χ2n) is 11.9. The van der Waals surface area contributed by atoms with Gasteiger partial charge in [0.2, 0.25) is 0 Å². The Hall–Kier alpha value is -2.80. The third-order valence-electron chi connectivity index (χ3n) is 8.51. The number of aryl methyl sites for hydroxylation is 3. The van der Waals surface area contributed by atoms with Gasteiger partial charge in [0.05, 0.1) is 0 Å². The van der Waals surface area contributed by atoms with Crippen molar-refractivity contribution in [1.82, 2.24) is 4.90 Å². The SMILES string of the molecule is CSc1ccc(C(=O)C2CN(C(=O)OC3CCCC3)CC2CCc2cc(C)c(OC(C)(C)C(C)=O)c(C)c2)cc1. The van der Waals surface area contributed by atoms with Gasteiger partial charge < -0.3 is 14.4 Å². The zero-order valence-corrected chi connectivity index (χ0v) is 25.6. The van der Waals surface area contributed by atoms with Gasteiger partial charge in [-0.15, -0.1) is 11.8 Å². The van der Waals surface area contributed by atoms with E-state index in [0.29, 0.717) is 18.7 Å². The summed E-state index contributed by atoms with van der Waals surface area (Å²) in [6.45, 7) is 10.0. The van der Waals surface area contributed by atoms with Crippen LogP contribution in [0, 0.1) is 25.7 Å². The van der Waals surface area contributed by atoms with Gasteiger partial charge in [0.15, 0.2) is 17.2 Å². The van der Waals surface area contributed by atoms with E-state index >= 15 is 0 Å². The number of likely N-dealkylation sites (tertiary alicyclic amines) is 1. The van der Waals surface area contributed by atoms with Crippen molar-refractivity contribution in [2.45, 2.75) is 89.7 Å². The minimum absolute atomic E-state index is 0.000506. The summed E-state index contributed by atoms with van der Waals surface area (Å²) in [5.41, 5.74) is 2.93. The van der Waals surface area contributed by atoms with Crippen LogP contribution in [0.25, 0.3) is 0 Å². The highest BCUT2D eigenvalue weighted by molar-refractivity contribution is 7.98. The van der Waals surface area contributed by atoms with Gasteiger partial charge in [-0.05, 0) is 114 Å². The summed E-state index contributed by atoms with van der Waals surface area (Å²) in [5, 5.41) is 0. The number of ketones is 2. The van der Waals surface area contributed by atoms with Gasteiger partial charge in [-0.1, -0.05) is 24.3 Å². The molecule has 40 heavy (non-hydrogen) atoms. The van der Waals surface area contributed by atoms with E-state index < -0.39 is 5.60 Å². The van der Waals surface area contributed by atoms with Crippen LogP contribution < -0.4 is 4.74 Å². The fraction of sp³-hybridized carbons (Fsp3) is 0.545. The molecule has 2 atom stereocenters. The molecule has 1 aliphatic heterocycles. The van der Waals surface area contributed by atoms with E-state index in [0.717, 1.165) is 65.9 Å². The lowest BCUT2D eigenvalue weighted by atomic mass is 9.84. The fourth-order valence-electron chi connectivity index (χ4n) is 5.83. The summed E-state index contributed by atoms with van der Waals surface area (Å²) in [4.78, 5) is 41.6. The van der Waals surface area contributed by atoms with Crippen molar-refractivity contribution in [1.29, 1.82) is 0 Å². The maximum atomic E-state index is 13.7. The first-order valence-electron chi connectivity index (χ1n) is 14.4. The van der Waals surface area contributed by atoms with Crippen molar-refractivity contribution in [2.24, 2.45) is 11.8 Å². The van der Waals surface area contributed by atoms with Gasteiger partial charge in [0.1, 0.15) is 11.9 Å². The molecule has 0 aromatic heterocycles. The Morgan fingerprint density at radius 2 is 1.62 bits per heavy atom. The van der Waals surface area contributed by atoms with E-state index in [1.807, 2.05) is 44.4 Å². The Bertz CT molecular complexity index is 1210. The zero-order chi connectivity index (χ0) is 29.0. The number of nitrogens with zero attached hydrogens (tertiary/aromatic N) is 1. The van der Waals surface area contributed by atoms with E-state index in [9.17, 15) is 14.4 Å². The second-order valence-corrected chi connectivity index (χ2v) is 12.8. The molecule has 7 heteroatoms. The zero-order valence-electron chi connectivity index (χ0n) is 24.7. The van der Waals surface area contributed by atoms with E-state index in [1.54, 1.807) is 37.4 Å². The Morgan fingerprint density at radius 1 is 1.00 bits per heavy atom. The minimum Gasteiger partial charge on any atom is -0.480 e. The van der Waals surface area contributed by atoms with Gasteiger partial charge in [0, 0.05) is 29.5 Å². The fourth-order valence-corrected chi connectivity index (χ4v) is 6.24. The molecule has 1 heterocycles. The average Bonchev–Trinajstić information content (AvgIpc) is 3.59. The Kier molecular flexibility index (Phi) is 9.65. The molecule has 0 N–H and O–H groups in total. The summed E-state index contributed by atoms with van der Waals surface area (Å²) in [6.07, 6.45) is 7.35. The second kappa shape index (κ2) is 12.8. The van der Waals surface area contributed by atoms with Crippen LogP contribution in [-0.4, -0.2) is 53.6 Å². The van der Waals surface area contributed by atoms with Crippen molar-refractivity contribution in [2.75, 3.05) is 19.3 Å². The molecule has 6 nitrogen and oxygen atoms in total. The number of rotatable bonds is 10. The molecule has 2 aromatic rings. The van der Waals surface area contributed by atoms with Gasteiger partial charge in [-0.2, -0.15) is 0 Å². The molecule has 216 valence electrons. The molecule has 0 spiro atoms. The molecular weight excluding hydrogens is 522 g/mol. The molecule has 1 saturated heterocycles. The van der Waals surface area contributed by atoms with Gasteiger partial charge >= 0.3 is 6.09 Å². The van der Waals surface area contributed by atoms with E-state index in [2.05, 4.69) is 12.1 Å². The lowest BCUT2D eigenvalue weighted by Crippen LogP contribution is -2.36. The molecule has 4 rings (SSSR count). The van der Waals surface area contributed by atoms with E-state index in [-0.39, 0.29) is 35.6 Å². The molecule has 2 unspecified atom stereocenters. The third-order valence-corrected chi connectivity index (χ3v) is 9.25. The summed E-state index contributed by atoms with van der Waals surface area (Å²) >= 11 is 1.65. The first-order chi connectivity index (χ1) is 19.0. The first kappa shape index (κ1) is 30.2. The number of amides is 1. The minimum atomic E-state index is -0.890. The highest BCUT2D eigenvalue weighted by Crippen LogP contribution is 2.34. The lowest BCUT2D eigenvalue weighted by molar-refractivity contribution is -0.129. The Balaban J connectivity index is 1.50. The number of carbonyl (C=O) groups excluding carboxylic acids is 3. The smallest absolute Gasteiger partial charge is 0.410 e. The summed E-state index contributed by atoms with van der Waals surface area (Å²) in [5.74, 6) is 0.588. The molecule has 2 fully saturated rings. The number of thioether (sulfide) groups is 1. The lowest BCUT2D eigenvalue weighted by Gasteiger charge is -2.26. The normalized spacial score (nSPS) is 19.6. The average molecular weight is 566 g/mol. The van der Waals surface area contributed by atoms with Crippen LogP contribution in [0.15, 0.2) is 41.3 Å². The van der Waals surface area contributed by atoms with Crippen LogP contribution in [0.5, 0.6) is 5.75 Å². The highest BCUT2D eigenvalue weighted by Gasteiger charge is 2.40. The summed E-state index contributed by atoms with van der Waals surface area (Å²) in [7, 11) is 0. The van der Waals surface area contributed by atoms with Crippen molar-refractivity contribution >= 4 is 29.4 Å². The largest absolute Gasteiger partial charge is 0.480 e. The Labute approximate surface area is 243 Å². The molecule has 2 aliphatic rings. The number of carbonyl (C=O) groups is 3. The van der Waals surface area contributed by atoms with Crippen LogP contribution in [0.2, 0.25) is 0 Å². The standard InChI is InChI=1S/C33H43NO5S/c1-21-17-24(18-22(2)31(21)39-33(4,5)23(3)35)11-12-26-19-34(32(37)38-27-9-7-8-10-27)20-29(26)30(36)25-13-15-28(40-6)16-14-25/h13-18,26-27,29H,7-12,19-20H2,1-6H3. The monoisotopic (exact) mass is 565 g/mol. The maximum Gasteiger partial charge on any atom is 0.410 e. The predicted octanol–water partition coefficient (Wildman–Crippen LogP) is 7.21. The van der Waals surface area contributed by atoms with E-state index in [1.165, 1.54) is 0 Å². The van der Waals surface area contributed by atoms with Crippen molar-refractivity contribution in [3.05, 3.63) is 58.7 Å². The molecular formula is C33H43NO5S. The topological polar surface area (TPSA) is 72.9 Å². The maximum absolute atomic E-state index is 13.7. The molecule has 0 radical (unpaired) electrons. The molecule has 0 bridgehead atoms. The molecule has 1 aliphatic carbocycles.